The molecule has 0 unspecified atom stereocenters. The lowest BCUT2D eigenvalue weighted by molar-refractivity contribution is -0.138. The monoisotopic (exact) mass is 456 g/mol. The first kappa shape index (κ1) is 22.6. The summed E-state index contributed by atoms with van der Waals surface area (Å²) in [5, 5.41) is 8.98. The second kappa shape index (κ2) is 8.58. The Labute approximate surface area is 176 Å². The first-order valence-electron chi connectivity index (χ1n) is 9.11. The minimum absolute atomic E-state index is 0.0699. The van der Waals surface area contributed by atoms with Crippen LogP contribution in [-0.4, -0.2) is 48.8 Å². The van der Waals surface area contributed by atoms with Gasteiger partial charge in [0.15, 0.2) is 9.84 Å². The summed E-state index contributed by atoms with van der Waals surface area (Å²) >= 11 is 0. The molecule has 1 aromatic carbocycles. The average molecular weight is 456 g/mol. The van der Waals surface area contributed by atoms with Gasteiger partial charge < -0.3 is 14.7 Å². The molecule has 31 heavy (non-hydrogen) atoms. The number of nitrogens with zero attached hydrogens (tertiary/aromatic N) is 2. The van der Waals surface area contributed by atoms with Crippen molar-refractivity contribution in [1.82, 2.24) is 9.88 Å². The first-order chi connectivity index (χ1) is 14.4. The number of halogens is 3. The minimum atomic E-state index is -4.66. The number of aromatic nitrogens is 1. The summed E-state index contributed by atoms with van der Waals surface area (Å²) in [6, 6.07) is 6.32. The van der Waals surface area contributed by atoms with E-state index in [1.54, 1.807) is 6.08 Å². The zero-order valence-corrected chi connectivity index (χ0v) is 17.2. The number of carboxylic acid groups (broad SMARTS) is 1. The van der Waals surface area contributed by atoms with Crippen LogP contribution in [0, 0.1) is 0 Å². The van der Waals surface area contributed by atoms with Gasteiger partial charge in [0.25, 0.3) is 0 Å². The van der Waals surface area contributed by atoms with Crippen molar-refractivity contribution >= 4 is 21.5 Å². The topological polar surface area (TPSA) is 96.8 Å². The van der Waals surface area contributed by atoms with Gasteiger partial charge in [-0.1, -0.05) is 6.08 Å². The molecular weight excluding hydrogens is 437 g/mol. The molecule has 11 heteroatoms. The minimum Gasteiger partial charge on any atom is -0.487 e. The highest BCUT2D eigenvalue weighted by Gasteiger charge is 2.35. The molecule has 0 saturated heterocycles. The summed E-state index contributed by atoms with van der Waals surface area (Å²) in [6.07, 6.45) is -1.53. The van der Waals surface area contributed by atoms with E-state index in [1.807, 2.05) is 0 Å². The van der Waals surface area contributed by atoms with Gasteiger partial charge >= 0.3 is 12.3 Å². The number of hydrogen-bond donors (Lipinski definition) is 1. The number of amides is 1. The number of pyridine rings is 1. The van der Waals surface area contributed by atoms with Crippen molar-refractivity contribution in [2.45, 2.75) is 24.1 Å². The van der Waals surface area contributed by atoms with Gasteiger partial charge in [0.05, 0.1) is 16.2 Å². The maximum absolute atomic E-state index is 13.6. The molecule has 7 nitrogen and oxygen atoms in total. The Kier molecular flexibility index (Phi) is 6.25. The Morgan fingerprint density at radius 3 is 2.45 bits per heavy atom. The van der Waals surface area contributed by atoms with Crippen LogP contribution in [0.15, 0.2) is 47.5 Å². The number of carbonyl (C=O) groups is 1. The fourth-order valence-electron chi connectivity index (χ4n) is 3.07. The molecule has 0 spiro atoms. The molecule has 3 rings (SSSR count). The molecule has 1 N–H and O–H groups in total. The van der Waals surface area contributed by atoms with Gasteiger partial charge in [-0.25, -0.2) is 13.2 Å². The molecule has 0 bridgehead atoms. The second-order valence-corrected chi connectivity index (χ2v) is 8.97. The molecule has 1 aliphatic rings. The Bertz CT molecular complexity index is 1110. The fourth-order valence-corrected chi connectivity index (χ4v) is 3.70. The fraction of sp³-hybridized carbons (Fsp3) is 0.300. The van der Waals surface area contributed by atoms with E-state index < -0.39 is 34.3 Å². The van der Waals surface area contributed by atoms with Crippen LogP contribution in [-0.2, 0) is 22.6 Å². The molecule has 0 atom stereocenters. The first-order valence-corrected chi connectivity index (χ1v) is 11.0. The summed E-state index contributed by atoms with van der Waals surface area (Å²) in [7, 11) is -3.39. The van der Waals surface area contributed by atoms with Crippen LogP contribution < -0.4 is 4.74 Å². The largest absolute Gasteiger partial charge is 0.487 e. The van der Waals surface area contributed by atoms with Crippen molar-refractivity contribution in [2.75, 3.05) is 19.3 Å². The molecule has 1 aliphatic heterocycles. The molecule has 0 radical (unpaired) electrons. The summed E-state index contributed by atoms with van der Waals surface area (Å²) in [6.45, 7) is -0.170. The van der Waals surface area contributed by atoms with Gasteiger partial charge in [-0.3, -0.25) is 4.98 Å². The SMILES string of the molecule is CS(=O)(=O)c1ccc(OCc2ncc(C3=CCN(C(=O)O)CC3)cc2C(F)(F)F)cc1. The number of alkyl halides is 3. The van der Waals surface area contributed by atoms with Crippen molar-refractivity contribution in [1.29, 1.82) is 0 Å². The van der Waals surface area contributed by atoms with Crippen molar-refractivity contribution in [3.63, 3.8) is 0 Å². The van der Waals surface area contributed by atoms with Gasteiger partial charge in [-0.2, -0.15) is 13.2 Å². The normalized spacial score (nSPS) is 14.8. The highest BCUT2D eigenvalue weighted by Crippen LogP contribution is 2.34. The van der Waals surface area contributed by atoms with Crippen molar-refractivity contribution in [3.05, 3.63) is 59.4 Å². The van der Waals surface area contributed by atoms with E-state index in [4.69, 9.17) is 9.84 Å². The second-order valence-electron chi connectivity index (χ2n) is 6.96. The molecule has 1 amide bonds. The molecule has 0 fully saturated rings. The van der Waals surface area contributed by atoms with E-state index in [2.05, 4.69) is 4.98 Å². The Morgan fingerprint density at radius 1 is 1.26 bits per heavy atom. The summed E-state index contributed by atoms with van der Waals surface area (Å²) < 4.78 is 69.2. The third kappa shape index (κ3) is 5.54. The van der Waals surface area contributed by atoms with Gasteiger partial charge in [-0.15, -0.1) is 0 Å². The zero-order valence-electron chi connectivity index (χ0n) is 16.4. The highest BCUT2D eigenvalue weighted by atomic mass is 32.2. The summed E-state index contributed by atoms with van der Waals surface area (Å²) in [4.78, 5) is 16.1. The van der Waals surface area contributed by atoms with E-state index in [1.165, 1.54) is 35.4 Å². The number of sulfone groups is 1. The van der Waals surface area contributed by atoms with Crippen LogP contribution in [0.2, 0.25) is 0 Å². The third-order valence-corrected chi connectivity index (χ3v) is 5.88. The maximum Gasteiger partial charge on any atom is 0.418 e. The number of rotatable bonds is 5. The lowest BCUT2D eigenvalue weighted by Gasteiger charge is -2.24. The van der Waals surface area contributed by atoms with Crippen molar-refractivity contribution < 1.29 is 36.2 Å². The molecule has 2 aromatic rings. The van der Waals surface area contributed by atoms with E-state index in [0.717, 1.165) is 12.3 Å². The number of hydrogen-bond acceptors (Lipinski definition) is 5. The Morgan fingerprint density at radius 2 is 1.94 bits per heavy atom. The molecule has 166 valence electrons. The number of benzene rings is 1. The number of ether oxygens (including phenoxy) is 1. The van der Waals surface area contributed by atoms with E-state index >= 15 is 0 Å². The van der Waals surface area contributed by atoms with Crippen LogP contribution in [0.5, 0.6) is 5.75 Å². The Balaban J connectivity index is 1.80. The quantitative estimate of drug-likeness (QED) is 0.734. The van der Waals surface area contributed by atoms with Crippen LogP contribution in [0.3, 0.4) is 0 Å². The Hall–Kier alpha value is -3.08. The van der Waals surface area contributed by atoms with Gasteiger partial charge in [0.2, 0.25) is 0 Å². The standard InChI is InChI=1S/C20H19F3N2O5S/c1-31(28,29)16-4-2-15(3-5-16)30-12-18-17(20(21,22)23)10-14(11-24-18)13-6-8-25(9-7-13)19(26)27/h2-6,10-11H,7-9,12H2,1H3,(H,26,27). The van der Waals surface area contributed by atoms with Gasteiger partial charge in [0.1, 0.15) is 12.4 Å². The lowest BCUT2D eigenvalue weighted by atomic mass is 9.99. The predicted molar refractivity (Wildman–Crippen MR) is 105 cm³/mol. The summed E-state index contributed by atoms with van der Waals surface area (Å²) in [5.74, 6) is 0.204. The highest BCUT2D eigenvalue weighted by molar-refractivity contribution is 7.90. The van der Waals surface area contributed by atoms with Crippen LogP contribution in [0.25, 0.3) is 5.57 Å². The zero-order chi connectivity index (χ0) is 22.8. The van der Waals surface area contributed by atoms with E-state index in [-0.39, 0.29) is 41.4 Å². The van der Waals surface area contributed by atoms with Crippen molar-refractivity contribution in [3.8, 4) is 5.75 Å². The van der Waals surface area contributed by atoms with Crippen LogP contribution in [0.4, 0.5) is 18.0 Å². The lowest BCUT2D eigenvalue weighted by Crippen LogP contribution is -2.33. The van der Waals surface area contributed by atoms with Crippen LogP contribution in [0.1, 0.15) is 23.2 Å². The molecule has 2 heterocycles. The average Bonchev–Trinajstić information content (AvgIpc) is 2.71. The molecule has 0 saturated carbocycles. The van der Waals surface area contributed by atoms with Gasteiger partial charge in [0, 0.05) is 25.5 Å². The third-order valence-electron chi connectivity index (χ3n) is 4.75. The molecule has 1 aromatic heterocycles. The molecular formula is C20H19F3N2O5S. The maximum atomic E-state index is 13.6. The smallest absolute Gasteiger partial charge is 0.418 e. The van der Waals surface area contributed by atoms with E-state index in [9.17, 15) is 26.4 Å². The van der Waals surface area contributed by atoms with E-state index in [0.29, 0.717) is 5.57 Å². The molecule has 0 aliphatic carbocycles. The summed E-state index contributed by atoms with van der Waals surface area (Å²) in [5.41, 5.74) is -0.385. The predicted octanol–water partition coefficient (Wildman–Crippen LogP) is 3.85. The van der Waals surface area contributed by atoms with Gasteiger partial charge in [-0.05, 0) is 47.9 Å². The van der Waals surface area contributed by atoms with Crippen LogP contribution >= 0.6 is 0 Å². The van der Waals surface area contributed by atoms with Crippen molar-refractivity contribution in [2.24, 2.45) is 0 Å².